The Balaban J connectivity index is 2.88. The van der Waals surface area contributed by atoms with Gasteiger partial charge in [0, 0.05) is 0 Å². The number of hydrogen-bond donors (Lipinski definition) is 3. The summed E-state index contributed by atoms with van der Waals surface area (Å²) in [6.45, 7) is 1.91. The molecule has 0 aliphatic heterocycles. The molecule has 0 aliphatic carbocycles. The number of primary amides is 1. The van der Waals surface area contributed by atoms with E-state index in [-0.39, 0.29) is 6.54 Å². The predicted molar refractivity (Wildman–Crippen MR) is 58.8 cm³/mol. The summed E-state index contributed by atoms with van der Waals surface area (Å²) in [4.78, 5) is 14.5. The number of amides is 1. The highest BCUT2D eigenvalue weighted by Gasteiger charge is 2.07. The molecule has 14 heavy (non-hydrogen) atoms. The van der Waals surface area contributed by atoms with Gasteiger partial charge >= 0.3 is 0 Å². The lowest BCUT2D eigenvalue weighted by Crippen LogP contribution is -2.22. The Kier molecular flexibility index (Phi) is 3.29. The van der Waals surface area contributed by atoms with Crippen molar-refractivity contribution in [1.82, 2.24) is 4.98 Å². The zero-order valence-corrected chi connectivity index (χ0v) is 9.26. The molecular formula is C8H11BrN4O. The van der Waals surface area contributed by atoms with E-state index in [0.29, 0.717) is 11.5 Å². The molecule has 0 atom stereocenters. The van der Waals surface area contributed by atoms with Crippen molar-refractivity contribution < 1.29 is 4.79 Å². The van der Waals surface area contributed by atoms with E-state index in [1.165, 1.54) is 6.20 Å². The molecule has 1 amide bonds. The van der Waals surface area contributed by atoms with Gasteiger partial charge in [0.1, 0.15) is 5.82 Å². The average molecular weight is 259 g/mol. The standard InChI is InChI=1S/C8H11BrN4O/c1-4-5(10)2-12-8(7(4)9)13-3-6(11)14/h2H,3,10H2,1H3,(H2,11,14)(H,12,13). The SMILES string of the molecule is Cc1c(N)cnc(NCC(N)=O)c1Br. The van der Waals surface area contributed by atoms with E-state index >= 15 is 0 Å². The van der Waals surface area contributed by atoms with Gasteiger partial charge in [-0.15, -0.1) is 0 Å². The first-order valence-electron chi connectivity index (χ1n) is 3.95. The normalized spacial score (nSPS) is 9.86. The van der Waals surface area contributed by atoms with E-state index < -0.39 is 5.91 Å². The maximum absolute atomic E-state index is 10.5. The van der Waals surface area contributed by atoms with E-state index in [1.54, 1.807) is 0 Å². The summed E-state index contributed by atoms with van der Waals surface area (Å²) in [6, 6.07) is 0. The molecule has 0 bridgehead atoms. The minimum absolute atomic E-state index is 0.0506. The third-order valence-corrected chi connectivity index (χ3v) is 2.70. The largest absolute Gasteiger partial charge is 0.397 e. The van der Waals surface area contributed by atoms with Gasteiger partial charge in [-0.1, -0.05) is 0 Å². The van der Waals surface area contributed by atoms with Crippen LogP contribution in [0.4, 0.5) is 11.5 Å². The molecule has 1 aromatic heterocycles. The van der Waals surface area contributed by atoms with Crippen LogP contribution in [-0.2, 0) is 4.79 Å². The number of rotatable bonds is 3. The van der Waals surface area contributed by atoms with Crippen LogP contribution in [-0.4, -0.2) is 17.4 Å². The van der Waals surface area contributed by atoms with Gasteiger partial charge in [0.15, 0.2) is 0 Å². The smallest absolute Gasteiger partial charge is 0.236 e. The third kappa shape index (κ3) is 2.35. The van der Waals surface area contributed by atoms with Crippen molar-refractivity contribution in [2.75, 3.05) is 17.6 Å². The molecule has 0 fully saturated rings. The molecule has 0 aliphatic rings. The molecule has 1 aromatic rings. The summed E-state index contributed by atoms with van der Waals surface area (Å²) < 4.78 is 0.749. The molecule has 76 valence electrons. The summed E-state index contributed by atoms with van der Waals surface area (Å²) in [5.41, 5.74) is 12.1. The van der Waals surface area contributed by atoms with Crippen molar-refractivity contribution in [3.8, 4) is 0 Å². The Morgan fingerprint density at radius 3 is 2.93 bits per heavy atom. The predicted octanol–water partition coefficient (Wildman–Crippen LogP) is 0.632. The second-order valence-corrected chi connectivity index (χ2v) is 3.61. The number of carbonyl (C=O) groups is 1. The van der Waals surface area contributed by atoms with Gasteiger partial charge in [-0.25, -0.2) is 4.98 Å². The summed E-state index contributed by atoms with van der Waals surface area (Å²) in [5, 5.41) is 2.79. The molecule has 5 N–H and O–H groups in total. The van der Waals surface area contributed by atoms with Crippen LogP contribution in [0.5, 0.6) is 0 Å². The van der Waals surface area contributed by atoms with Crippen LogP contribution in [0.3, 0.4) is 0 Å². The van der Waals surface area contributed by atoms with Gasteiger partial charge < -0.3 is 16.8 Å². The molecule has 1 rings (SSSR count). The molecule has 0 saturated heterocycles. The van der Waals surface area contributed by atoms with E-state index in [2.05, 4.69) is 26.2 Å². The van der Waals surface area contributed by atoms with Gasteiger partial charge in [0.05, 0.1) is 22.9 Å². The highest BCUT2D eigenvalue weighted by molar-refractivity contribution is 9.10. The Morgan fingerprint density at radius 2 is 2.36 bits per heavy atom. The van der Waals surface area contributed by atoms with E-state index in [0.717, 1.165) is 10.0 Å². The Hall–Kier alpha value is -1.30. The lowest BCUT2D eigenvalue weighted by molar-refractivity contribution is -0.116. The molecule has 1 heterocycles. The zero-order valence-electron chi connectivity index (χ0n) is 7.67. The van der Waals surface area contributed by atoms with Crippen LogP contribution < -0.4 is 16.8 Å². The quantitative estimate of drug-likeness (QED) is 0.742. The minimum Gasteiger partial charge on any atom is -0.397 e. The molecule has 0 aromatic carbocycles. The fourth-order valence-electron chi connectivity index (χ4n) is 0.886. The molecule has 0 radical (unpaired) electrons. The number of pyridine rings is 1. The first-order chi connectivity index (χ1) is 6.52. The number of carbonyl (C=O) groups excluding carboxylic acids is 1. The first kappa shape index (κ1) is 10.8. The van der Waals surface area contributed by atoms with Crippen LogP contribution >= 0.6 is 15.9 Å². The van der Waals surface area contributed by atoms with E-state index in [4.69, 9.17) is 11.5 Å². The first-order valence-corrected chi connectivity index (χ1v) is 4.74. The average Bonchev–Trinajstić information content (AvgIpc) is 2.13. The van der Waals surface area contributed by atoms with Gasteiger partial charge in [0.25, 0.3) is 0 Å². The number of nitrogens with two attached hydrogens (primary N) is 2. The van der Waals surface area contributed by atoms with Crippen LogP contribution in [0.25, 0.3) is 0 Å². The van der Waals surface area contributed by atoms with Crippen LogP contribution in [0.1, 0.15) is 5.56 Å². The Labute approximate surface area is 90.0 Å². The lowest BCUT2D eigenvalue weighted by Gasteiger charge is -2.09. The molecule has 0 saturated carbocycles. The summed E-state index contributed by atoms with van der Waals surface area (Å²) in [7, 11) is 0. The minimum atomic E-state index is -0.437. The molecule has 0 unspecified atom stereocenters. The van der Waals surface area contributed by atoms with Crippen molar-refractivity contribution in [3.63, 3.8) is 0 Å². The number of hydrogen-bond acceptors (Lipinski definition) is 4. The Bertz CT molecular complexity index is 367. The van der Waals surface area contributed by atoms with Crippen LogP contribution in [0.2, 0.25) is 0 Å². The fourth-order valence-corrected chi connectivity index (χ4v) is 1.36. The van der Waals surface area contributed by atoms with Gasteiger partial charge in [-0.2, -0.15) is 0 Å². The maximum atomic E-state index is 10.5. The summed E-state index contributed by atoms with van der Waals surface area (Å²) >= 11 is 3.32. The lowest BCUT2D eigenvalue weighted by atomic mass is 10.2. The van der Waals surface area contributed by atoms with Gasteiger partial charge in [0.2, 0.25) is 5.91 Å². The topological polar surface area (TPSA) is 94.0 Å². The number of nitrogens with zero attached hydrogens (tertiary/aromatic N) is 1. The summed E-state index contributed by atoms with van der Waals surface area (Å²) in [6.07, 6.45) is 1.53. The number of aromatic nitrogens is 1. The third-order valence-electron chi connectivity index (χ3n) is 1.73. The number of nitrogen functional groups attached to an aromatic ring is 1. The van der Waals surface area contributed by atoms with Gasteiger partial charge in [-0.05, 0) is 28.4 Å². The van der Waals surface area contributed by atoms with Crippen LogP contribution in [0.15, 0.2) is 10.7 Å². The zero-order chi connectivity index (χ0) is 10.7. The maximum Gasteiger partial charge on any atom is 0.236 e. The van der Waals surface area contributed by atoms with Crippen molar-refractivity contribution in [1.29, 1.82) is 0 Å². The second kappa shape index (κ2) is 4.28. The van der Waals surface area contributed by atoms with Crippen molar-refractivity contribution >= 4 is 33.3 Å². The van der Waals surface area contributed by atoms with Crippen molar-refractivity contribution in [2.24, 2.45) is 5.73 Å². The Morgan fingerprint density at radius 1 is 1.71 bits per heavy atom. The van der Waals surface area contributed by atoms with Gasteiger partial charge in [-0.3, -0.25) is 4.79 Å². The summed E-state index contributed by atoms with van der Waals surface area (Å²) in [5.74, 6) is 0.128. The van der Waals surface area contributed by atoms with Crippen molar-refractivity contribution in [3.05, 3.63) is 16.2 Å². The van der Waals surface area contributed by atoms with Crippen molar-refractivity contribution in [2.45, 2.75) is 6.92 Å². The number of nitrogens with one attached hydrogen (secondary N) is 1. The van der Waals surface area contributed by atoms with E-state index in [1.807, 2.05) is 6.92 Å². The monoisotopic (exact) mass is 258 g/mol. The number of anilines is 2. The molecule has 0 spiro atoms. The molecule has 5 nitrogen and oxygen atoms in total. The molecule has 6 heteroatoms. The van der Waals surface area contributed by atoms with E-state index in [9.17, 15) is 4.79 Å². The highest BCUT2D eigenvalue weighted by Crippen LogP contribution is 2.27. The fraction of sp³-hybridized carbons (Fsp3) is 0.250. The number of halogens is 1. The highest BCUT2D eigenvalue weighted by atomic mass is 79.9. The second-order valence-electron chi connectivity index (χ2n) is 2.82. The van der Waals surface area contributed by atoms with Crippen LogP contribution in [0, 0.1) is 6.92 Å². The molecular weight excluding hydrogens is 248 g/mol.